The number of halogens is 2. The van der Waals surface area contributed by atoms with Crippen LogP contribution in [-0.4, -0.2) is 16.2 Å². The first-order valence-electron chi connectivity index (χ1n) is 4.36. The number of hydrogen-bond donors (Lipinski definition) is 2. The molecule has 0 aliphatic rings. The van der Waals surface area contributed by atoms with Crippen molar-refractivity contribution in [1.29, 1.82) is 0 Å². The number of carbonyl (C=O) groups is 1. The third-order valence-corrected chi connectivity index (χ3v) is 2.26. The monoisotopic (exact) mass is 232 g/mol. The normalized spacial score (nSPS) is 12.5. The van der Waals surface area contributed by atoms with Crippen LogP contribution in [0.25, 0.3) is 0 Å². The fourth-order valence-corrected chi connectivity index (χ4v) is 1.38. The second-order valence-corrected chi connectivity index (χ2v) is 3.50. The number of aliphatic hydroxyl groups excluding tert-OH is 1. The summed E-state index contributed by atoms with van der Waals surface area (Å²) in [7, 11) is 0. The molecule has 1 aromatic carbocycles. The Morgan fingerprint density at radius 2 is 2.20 bits per heavy atom. The standard InChI is InChI=1S/C10H10ClFO3/c11-7-3-1-2-6(10(7)12)8(13)4-5-9(14)15/h1-3,8,13H,4-5H2,(H,14,15). The Kier molecular flexibility index (Phi) is 4.05. The number of aliphatic carboxylic acids is 1. The van der Waals surface area contributed by atoms with Gasteiger partial charge in [0.05, 0.1) is 11.1 Å². The number of carboxylic acid groups (broad SMARTS) is 1. The van der Waals surface area contributed by atoms with Crippen molar-refractivity contribution in [2.24, 2.45) is 0 Å². The Balaban J connectivity index is 2.77. The summed E-state index contributed by atoms with van der Waals surface area (Å²) in [4.78, 5) is 10.3. The molecule has 0 aliphatic carbocycles. The maximum absolute atomic E-state index is 13.3. The van der Waals surface area contributed by atoms with Crippen LogP contribution in [0.15, 0.2) is 18.2 Å². The molecule has 0 radical (unpaired) electrons. The summed E-state index contributed by atoms with van der Waals surface area (Å²) in [6, 6.07) is 4.25. The van der Waals surface area contributed by atoms with Gasteiger partial charge in [0.2, 0.25) is 0 Å². The highest BCUT2D eigenvalue weighted by molar-refractivity contribution is 6.30. The van der Waals surface area contributed by atoms with E-state index in [9.17, 15) is 14.3 Å². The quantitative estimate of drug-likeness (QED) is 0.838. The van der Waals surface area contributed by atoms with Crippen LogP contribution in [0.3, 0.4) is 0 Å². The van der Waals surface area contributed by atoms with Gasteiger partial charge in [0.1, 0.15) is 5.82 Å². The molecule has 82 valence electrons. The Hall–Kier alpha value is -1.13. The lowest BCUT2D eigenvalue weighted by Gasteiger charge is -2.11. The van der Waals surface area contributed by atoms with Crippen LogP contribution in [0, 0.1) is 5.82 Å². The molecule has 0 amide bonds. The van der Waals surface area contributed by atoms with Crippen LogP contribution in [0.4, 0.5) is 4.39 Å². The van der Waals surface area contributed by atoms with Gasteiger partial charge >= 0.3 is 5.97 Å². The van der Waals surface area contributed by atoms with Crippen LogP contribution < -0.4 is 0 Å². The van der Waals surface area contributed by atoms with Crippen molar-refractivity contribution in [3.05, 3.63) is 34.6 Å². The fourth-order valence-electron chi connectivity index (χ4n) is 1.19. The van der Waals surface area contributed by atoms with Crippen LogP contribution in [0.5, 0.6) is 0 Å². The topological polar surface area (TPSA) is 57.5 Å². The van der Waals surface area contributed by atoms with Crippen LogP contribution >= 0.6 is 11.6 Å². The summed E-state index contributed by atoms with van der Waals surface area (Å²) < 4.78 is 13.3. The van der Waals surface area contributed by atoms with E-state index in [1.54, 1.807) is 0 Å². The van der Waals surface area contributed by atoms with Crippen LogP contribution in [0.1, 0.15) is 24.5 Å². The van der Waals surface area contributed by atoms with Gasteiger partial charge in [-0.25, -0.2) is 4.39 Å². The van der Waals surface area contributed by atoms with E-state index in [1.165, 1.54) is 18.2 Å². The Morgan fingerprint density at radius 1 is 1.53 bits per heavy atom. The van der Waals surface area contributed by atoms with Gasteiger partial charge in [-0.2, -0.15) is 0 Å². The zero-order valence-corrected chi connectivity index (χ0v) is 8.54. The summed E-state index contributed by atoms with van der Waals surface area (Å²) >= 11 is 5.52. The molecule has 0 fully saturated rings. The highest BCUT2D eigenvalue weighted by atomic mass is 35.5. The maximum Gasteiger partial charge on any atom is 0.303 e. The van der Waals surface area contributed by atoms with Crippen molar-refractivity contribution >= 4 is 17.6 Å². The number of hydrogen-bond acceptors (Lipinski definition) is 2. The summed E-state index contributed by atoms with van der Waals surface area (Å²) in [6.07, 6.45) is -1.39. The third-order valence-electron chi connectivity index (χ3n) is 1.97. The molecular weight excluding hydrogens is 223 g/mol. The maximum atomic E-state index is 13.3. The van der Waals surface area contributed by atoms with Crippen molar-refractivity contribution < 1.29 is 19.4 Å². The molecule has 1 unspecified atom stereocenters. The van der Waals surface area contributed by atoms with Crippen LogP contribution in [-0.2, 0) is 4.79 Å². The van der Waals surface area contributed by atoms with E-state index in [-0.39, 0.29) is 23.4 Å². The van der Waals surface area contributed by atoms with Crippen LogP contribution in [0.2, 0.25) is 5.02 Å². The minimum absolute atomic E-state index is 0.0313. The van der Waals surface area contributed by atoms with Gasteiger partial charge in [0, 0.05) is 12.0 Å². The van der Waals surface area contributed by atoms with Gasteiger partial charge in [-0.15, -0.1) is 0 Å². The largest absolute Gasteiger partial charge is 0.481 e. The second-order valence-electron chi connectivity index (χ2n) is 3.09. The lowest BCUT2D eigenvalue weighted by molar-refractivity contribution is -0.137. The molecule has 0 aliphatic heterocycles. The Bertz CT molecular complexity index is 368. The smallest absolute Gasteiger partial charge is 0.303 e. The zero-order chi connectivity index (χ0) is 11.4. The van der Waals surface area contributed by atoms with E-state index in [0.29, 0.717) is 0 Å². The molecule has 15 heavy (non-hydrogen) atoms. The minimum atomic E-state index is -1.14. The molecular formula is C10H10ClFO3. The van der Waals surface area contributed by atoms with Gasteiger partial charge in [0.25, 0.3) is 0 Å². The molecule has 0 saturated carbocycles. The van der Waals surface area contributed by atoms with Crippen molar-refractivity contribution in [3.63, 3.8) is 0 Å². The average molecular weight is 233 g/mol. The average Bonchev–Trinajstić information content (AvgIpc) is 2.18. The predicted molar refractivity (Wildman–Crippen MR) is 53.2 cm³/mol. The van der Waals surface area contributed by atoms with E-state index >= 15 is 0 Å². The SMILES string of the molecule is O=C(O)CCC(O)c1cccc(Cl)c1F. The molecule has 1 rings (SSSR count). The lowest BCUT2D eigenvalue weighted by Crippen LogP contribution is -2.04. The number of aliphatic hydroxyl groups is 1. The van der Waals surface area contributed by atoms with Gasteiger partial charge in [-0.05, 0) is 12.5 Å². The van der Waals surface area contributed by atoms with Crippen molar-refractivity contribution in [2.45, 2.75) is 18.9 Å². The molecule has 0 spiro atoms. The van der Waals surface area contributed by atoms with E-state index in [0.717, 1.165) is 0 Å². The zero-order valence-electron chi connectivity index (χ0n) is 7.78. The number of carboxylic acids is 1. The van der Waals surface area contributed by atoms with E-state index in [4.69, 9.17) is 16.7 Å². The Labute approximate surface area is 91.1 Å². The minimum Gasteiger partial charge on any atom is -0.481 e. The van der Waals surface area contributed by atoms with Gasteiger partial charge in [0.15, 0.2) is 0 Å². The lowest BCUT2D eigenvalue weighted by atomic mass is 10.0. The summed E-state index contributed by atoms with van der Waals surface area (Å²) in [5.41, 5.74) is 0.0313. The molecule has 0 saturated heterocycles. The van der Waals surface area contributed by atoms with Crippen molar-refractivity contribution in [2.75, 3.05) is 0 Å². The van der Waals surface area contributed by atoms with Crippen molar-refractivity contribution in [1.82, 2.24) is 0 Å². The van der Waals surface area contributed by atoms with Gasteiger partial charge in [-0.1, -0.05) is 23.7 Å². The third kappa shape index (κ3) is 3.18. The number of rotatable bonds is 4. The predicted octanol–water partition coefficient (Wildman–Crippen LogP) is 2.38. The van der Waals surface area contributed by atoms with Gasteiger partial charge in [-0.3, -0.25) is 4.79 Å². The van der Waals surface area contributed by atoms with Crippen molar-refractivity contribution in [3.8, 4) is 0 Å². The summed E-state index contributed by atoms with van der Waals surface area (Å²) in [5, 5.41) is 17.8. The molecule has 0 aromatic heterocycles. The van der Waals surface area contributed by atoms with E-state index in [2.05, 4.69) is 0 Å². The molecule has 1 atom stereocenters. The Morgan fingerprint density at radius 3 is 2.80 bits per heavy atom. The fraction of sp³-hybridized carbons (Fsp3) is 0.300. The van der Waals surface area contributed by atoms with Gasteiger partial charge < -0.3 is 10.2 Å². The molecule has 0 bridgehead atoms. The molecule has 3 nitrogen and oxygen atoms in total. The first kappa shape index (κ1) is 11.9. The molecule has 1 aromatic rings. The van der Waals surface area contributed by atoms with E-state index in [1.807, 2.05) is 0 Å². The second kappa shape index (κ2) is 5.09. The molecule has 2 N–H and O–H groups in total. The summed E-state index contributed by atoms with van der Waals surface area (Å²) in [6.45, 7) is 0. The van der Waals surface area contributed by atoms with E-state index < -0.39 is 17.9 Å². The highest BCUT2D eigenvalue weighted by Gasteiger charge is 2.15. The molecule has 0 heterocycles. The number of benzene rings is 1. The highest BCUT2D eigenvalue weighted by Crippen LogP contribution is 2.25. The first-order valence-corrected chi connectivity index (χ1v) is 4.74. The first-order chi connectivity index (χ1) is 7.02. The summed E-state index contributed by atoms with van der Waals surface area (Å²) in [5.74, 6) is -1.73. The molecule has 5 heteroatoms.